The number of hydrogen-bond acceptors (Lipinski definition) is 3. The zero-order valence-corrected chi connectivity index (χ0v) is 11.3. The quantitative estimate of drug-likeness (QED) is 0.879. The van der Waals surface area contributed by atoms with Crippen LogP contribution in [0.1, 0.15) is 24.4 Å². The van der Waals surface area contributed by atoms with Gasteiger partial charge in [0, 0.05) is 30.8 Å². The summed E-state index contributed by atoms with van der Waals surface area (Å²) in [6, 6.07) is 8.12. The number of likely N-dealkylation sites (tertiary alicyclic amines) is 1. The van der Waals surface area contributed by atoms with E-state index < -0.39 is 0 Å². The van der Waals surface area contributed by atoms with E-state index in [1.807, 2.05) is 18.2 Å². The number of rotatable bonds is 4. The van der Waals surface area contributed by atoms with Gasteiger partial charge in [-0.2, -0.15) is 0 Å². The number of aliphatic hydroxyl groups is 1. The largest absolute Gasteiger partial charge is 0.396 e. The number of piperidine rings is 1. The van der Waals surface area contributed by atoms with Gasteiger partial charge in [0.1, 0.15) is 0 Å². The fourth-order valence-electron chi connectivity index (χ4n) is 2.74. The Morgan fingerprint density at radius 1 is 1.50 bits per heavy atom. The highest BCUT2D eigenvalue weighted by Gasteiger charge is 2.25. The average molecular weight is 269 g/mol. The molecule has 0 bridgehead atoms. The molecular formula is C14H21ClN2O. The van der Waals surface area contributed by atoms with Gasteiger partial charge in [-0.15, -0.1) is 0 Å². The maximum Gasteiger partial charge on any atom is 0.0471 e. The monoisotopic (exact) mass is 268 g/mol. The number of benzene rings is 1. The molecule has 1 aromatic rings. The molecule has 100 valence electrons. The van der Waals surface area contributed by atoms with Gasteiger partial charge in [-0.25, -0.2) is 0 Å². The molecule has 4 heteroatoms. The Morgan fingerprint density at radius 3 is 3.00 bits per heavy atom. The topological polar surface area (TPSA) is 49.5 Å². The number of halogens is 1. The van der Waals surface area contributed by atoms with E-state index >= 15 is 0 Å². The maximum absolute atomic E-state index is 9.30. The van der Waals surface area contributed by atoms with Crippen LogP contribution in [0.4, 0.5) is 0 Å². The molecule has 1 saturated heterocycles. The summed E-state index contributed by atoms with van der Waals surface area (Å²) >= 11 is 6.04. The zero-order valence-electron chi connectivity index (χ0n) is 10.6. The van der Waals surface area contributed by atoms with Crippen molar-refractivity contribution in [3.8, 4) is 0 Å². The van der Waals surface area contributed by atoms with Crippen molar-refractivity contribution in [1.29, 1.82) is 0 Å². The lowest BCUT2D eigenvalue weighted by Crippen LogP contribution is -2.42. The Kier molecular flexibility index (Phi) is 5.01. The third-order valence-corrected chi connectivity index (χ3v) is 3.94. The van der Waals surface area contributed by atoms with E-state index in [0.717, 1.165) is 31.0 Å². The van der Waals surface area contributed by atoms with Crippen molar-refractivity contribution in [2.24, 2.45) is 11.7 Å². The summed E-state index contributed by atoms with van der Waals surface area (Å²) in [5, 5.41) is 10.1. The average Bonchev–Trinajstić information content (AvgIpc) is 2.40. The minimum atomic E-state index is 0.207. The van der Waals surface area contributed by atoms with Gasteiger partial charge in [-0.05, 0) is 43.0 Å². The van der Waals surface area contributed by atoms with Gasteiger partial charge in [0.25, 0.3) is 0 Å². The summed E-state index contributed by atoms with van der Waals surface area (Å²) in [6.45, 7) is 2.82. The van der Waals surface area contributed by atoms with E-state index in [9.17, 15) is 5.11 Å². The molecule has 0 amide bonds. The van der Waals surface area contributed by atoms with Crippen LogP contribution in [0.5, 0.6) is 0 Å². The number of nitrogens with two attached hydrogens (primary N) is 1. The third-order valence-electron chi connectivity index (χ3n) is 3.71. The predicted molar refractivity (Wildman–Crippen MR) is 74.6 cm³/mol. The van der Waals surface area contributed by atoms with Crippen molar-refractivity contribution in [3.05, 3.63) is 34.9 Å². The van der Waals surface area contributed by atoms with Gasteiger partial charge in [0.2, 0.25) is 0 Å². The lowest BCUT2D eigenvalue weighted by Gasteiger charge is -2.37. The van der Waals surface area contributed by atoms with Gasteiger partial charge in [-0.1, -0.05) is 23.7 Å². The molecule has 1 fully saturated rings. The van der Waals surface area contributed by atoms with E-state index in [2.05, 4.69) is 11.0 Å². The fourth-order valence-corrected chi connectivity index (χ4v) is 2.94. The van der Waals surface area contributed by atoms with E-state index in [4.69, 9.17) is 17.3 Å². The predicted octanol–water partition coefficient (Wildman–Crippen LogP) is 2.04. The summed E-state index contributed by atoms with van der Waals surface area (Å²) in [6.07, 6.45) is 2.24. The Labute approximate surface area is 114 Å². The van der Waals surface area contributed by atoms with E-state index in [1.165, 1.54) is 5.56 Å². The zero-order chi connectivity index (χ0) is 13.0. The van der Waals surface area contributed by atoms with E-state index in [1.54, 1.807) is 0 Å². The van der Waals surface area contributed by atoms with Gasteiger partial charge in [0.05, 0.1) is 0 Å². The lowest BCUT2D eigenvalue weighted by atomic mass is 9.95. The van der Waals surface area contributed by atoms with Crippen molar-refractivity contribution in [2.75, 3.05) is 26.2 Å². The highest BCUT2D eigenvalue weighted by molar-refractivity contribution is 6.30. The SMILES string of the molecule is NCC(c1cccc(Cl)c1)N1CCCC(CO)C1. The maximum atomic E-state index is 9.30. The van der Waals surface area contributed by atoms with E-state index in [0.29, 0.717) is 12.5 Å². The first kappa shape index (κ1) is 13.8. The second kappa shape index (κ2) is 6.53. The standard InChI is InChI=1S/C14H21ClN2O/c15-13-5-1-4-12(7-13)14(8-16)17-6-2-3-11(9-17)10-18/h1,4-5,7,11,14,18H,2-3,6,8-10,16H2. The molecule has 0 spiro atoms. The summed E-state index contributed by atoms with van der Waals surface area (Å²) in [4.78, 5) is 2.37. The Balaban J connectivity index is 2.12. The van der Waals surface area contributed by atoms with Gasteiger partial charge in [0.15, 0.2) is 0 Å². The normalized spacial score (nSPS) is 22.9. The third kappa shape index (κ3) is 3.23. The van der Waals surface area contributed by atoms with Gasteiger partial charge in [-0.3, -0.25) is 4.90 Å². The van der Waals surface area contributed by atoms with Crippen LogP contribution in [0.2, 0.25) is 5.02 Å². The lowest BCUT2D eigenvalue weighted by molar-refractivity contribution is 0.0901. The molecule has 2 unspecified atom stereocenters. The summed E-state index contributed by atoms with van der Waals surface area (Å²) in [7, 11) is 0. The number of nitrogens with zero attached hydrogens (tertiary/aromatic N) is 1. The fraction of sp³-hybridized carbons (Fsp3) is 0.571. The van der Waals surface area contributed by atoms with Crippen molar-refractivity contribution < 1.29 is 5.11 Å². The Hall–Kier alpha value is -0.610. The summed E-state index contributed by atoms with van der Waals surface area (Å²) in [5.74, 6) is 0.381. The molecule has 1 heterocycles. The van der Waals surface area contributed by atoms with Crippen LogP contribution < -0.4 is 5.73 Å². The molecule has 2 rings (SSSR count). The second-order valence-corrected chi connectivity index (χ2v) is 5.43. The minimum absolute atomic E-state index is 0.207. The Morgan fingerprint density at radius 2 is 2.33 bits per heavy atom. The molecule has 0 aliphatic carbocycles. The highest BCUT2D eigenvalue weighted by Crippen LogP contribution is 2.27. The molecule has 1 aliphatic rings. The van der Waals surface area contributed by atoms with Crippen molar-refractivity contribution >= 4 is 11.6 Å². The molecule has 0 saturated carbocycles. The van der Waals surface area contributed by atoms with Crippen LogP contribution in [0.15, 0.2) is 24.3 Å². The molecule has 3 N–H and O–H groups in total. The number of aliphatic hydroxyl groups excluding tert-OH is 1. The summed E-state index contributed by atoms with van der Waals surface area (Å²) < 4.78 is 0. The molecule has 2 atom stereocenters. The molecule has 3 nitrogen and oxygen atoms in total. The smallest absolute Gasteiger partial charge is 0.0471 e. The van der Waals surface area contributed by atoms with Crippen LogP contribution in [0.3, 0.4) is 0 Å². The minimum Gasteiger partial charge on any atom is -0.396 e. The summed E-state index contributed by atoms with van der Waals surface area (Å²) in [5.41, 5.74) is 7.10. The van der Waals surface area contributed by atoms with Crippen LogP contribution in [0, 0.1) is 5.92 Å². The molecule has 0 aromatic heterocycles. The van der Waals surface area contributed by atoms with Crippen LogP contribution in [-0.4, -0.2) is 36.2 Å². The number of hydrogen-bond donors (Lipinski definition) is 2. The van der Waals surface area contributed by atoms with Crippen molar-refractivity contribution in [3.63, 3.8) is 0 Å². The molecule has 1 aliphatic heterocycles. The highest BCUT2D eigenvalue weighted by atomic mass is 35.5. The molecular weight excluding hydrogens is 248 g/mol. The van der Waals surface area contributed by atoms with Crippen molar-refractivity contribution in [1.82, 2.24) is 4.90 Å². The van der Waals surface area contributed by atoms with Crippen molar-refractivity contribution in [2.45, 2.75) is 18.9 Å². The second-order valence-electron chi connectivity index (χ2n) is 4.99. The van der Waals surface area contributed by atoms with E-state index in [-0.39, 0.29) is 12.6 Å². The van der Waals surface area contributed by atoms with Crippen LogP contribution in [-0.2, 0) is 0 Å². The Bertz CT molecular complexity index is 386. The van der Waals surface area contributed by atoms with Gasteiger partial charge < -0.3 is 10.8 Å². The molecule has 18 heavy (non-hydrogen) atoms. The molecule has 0 radical (unpaired) electrons. The first-order valence-corrected chi connectivity index (χ1v) is 6.93. The van der Waals surface area contributed by atoms with Crippen LogP contribution >= 0.6 is 11.6 Å². The molecule has 1 aromatic carbocycles. The van der Waals surface area contributed by atoms with Crippen LogP contribution in [0.25, 0.3) is 0 Å². The van der Waals surface area contributed by atoms with Gasteiger partial charge >= 0.3 is 0 Å². The first-order valence-electron chi connectivity index (χ1n) is 6.55. The first-order chi connectivity index (χ1) is 8.74.